The molecule has 0 heterocycles. The Labute approximate surface area is 113 Å². The van der Waals surface area contributed by atoms with E-state index in [0.717, 1.165) is 23.8 Å². The lowest BCUT2D eigenvalue weighted by Crippen LogP contribution is -1.94. The van der Waals surface area contributed by atoms with Crippen molar-refractivity contribution < 1.29 is 14.1 Å². The van der Waals surface area contributed by atoms with Crippen LogP contribution in [0.3, 0.4) is 0 Å². The third-order valence-electron chi connectivity index (χ3n) is 2.40. The van der Waals surface area contributed by atoms with E-state index in [9.17, 15) is 14.5 Å². The van der Waals surface area contributed by atoms with Gasteiger partial charge in [-0.15, -0.1) is 11.6 Å². The van der Waals surface area contributed by atoms with Gasteiger partial charge in [-0.1, -0.05) is 12.1 Å². The van der Waals surface area contributed by atoms with Gasteiger partial charge in [0.25, 0.3) is 0 Å². The molecule has 2 aromatic rings. The van der Waals surface area contributed by atoms with Crippen molar-refractivity contribution in [2.75, 3.05) is 0 Å². The van der Waals surface area contributed by atoms with Crippen LogP contribution in [0.25, 0.3) is 0 Å². The van der Waals surface area contributed by atoms with E-state index in [2.05, 4.69) is 0 Å². The number of nitrogens with zero attached hydrogens (tertiary/aromatic N) is 1. The quantitative estimate of drug-likeness (QED) is 0.478. The van der Waals surface area contributed by atoms with Crippen molar-refractivity contribution in [2.45, 2.75) is 5.88 Å². The molecule has 0 saturated carbocycles. The summed E-state index contributed by atoms with van der Waals surface area (Å²) < 4.78 is 18.5. The predicted octanol–water partition coefficient (Wildman–Crippen LogP) is 4.27. The number of halogens is 2. The molecule has 0 aromatic heterocycles. The summed E-state index contributed by atoms with van der Waals surface area (Å²) in [6, 6.07) is 9.81. The molecule has 98 valence electrons. The molecule has 0 atom stereocenters. The van der Waals surface area contributed by atoms with Gasteiger partial charge in [-0.3, -0.25) is 10.1 Å². The van der Waals surface area contributed by atoms with Gasteiger partial charge >= 0.3 is 5.69 Å². The molecule has 4 nitrogen and oxygen atoms in total. The molecule has 0 N–H and O–H groups in total. The minimum absolute atomic E-state index is 0.142. The second kappa shape index (κ2) is 5.67. The number of alkyl halides is 1. The summed E-state index contributed by atoms with van der Waals surface area (Å²) in [7, 11) is 0. The van der Waals surface area contributed by atoms with Crippen molar-refractivity contribution in [3.05, 3.63) is 64.0 Å². The lowest BCUT2D eigenvalue weighted by Gasteiger charge is -2.07. The van der Waals surface area contributed by atoms with E-state index >= 15 is 0 Å². The Morgan fingerprint density at radius 2 is 2.05 bits per heavy atom. The van der Waals surface area contributed by atoms with Crippen LogP contribution in [0.5, 0.6) is 11.5 Å². The summed E-state index contributed by atoms with van der Waals surface area (Å²) in [5, 5.41) is 10.8. The molecule has 0 aliphatic rings. The zero-order valence-corrected chi connectivity index (χ0v) is 10.4. The number of hydrogen-bond donors (Lipinski definition) is 0. The molecule has 2 rings (SSSR count). The monoisotopic (exact) mass is 281 g/mol. The topological polar surface area (TPSA) is 52.4 Å². The van der Waals surface area contributed by atoms with E-state index in [1.807, 2.05) is 0 Å². The number of hydrogen-bond acceptors (Lipinski definition) is 3. The number of nitro groups is 1. The molecule has 0 unspecified atom stereocenters. The second-order valence-electron chi connectivity index (χ2n) is 3.75. The fourth-order valence-electron chi connectivity index (χ4n) is 1.54. The summed E-state index contributed by atoms with van der Waals surface area (Å²) in [5.74, 6) is -0.0831. The second-order valence-corrected chi connectivity index (χ2v) is 4.02. The lowest BCUT2D eigenvalue weighted by atomic mass is 10.2. The van der Waals surface area contributed by atoms with Gasteiger partial charge < -0.3 is 4.74 Å². The van der Waals surface area contributed by atoms with E-state index < -0.39 is 10.7 Å². The molecule has 6 heteroatoms. The standard InChI is InChI=1S/C13H9ClFNO3/c14-8-9-2-1-3-11(6-9)19-13-7-10(15)4-5-12(13)16(17)18/h1-7H,8H2. The molecule has 0 fully saturated rings. The highest BCUT2D eigenvalue weighted by molar-refractivity contribution is 6.17. The van der Waals surface area contributed by atoms with Crippen LogP contribution in [0.4, 0.5) is 10.1 Å². The Kier molecular flexibility index (Phi) is 3.97. The van der Waals surface area contributed by atoms with Crippen molar-refractivity contribution >= 4 is 17.3 Å². The highest BCUT2D eigenvalue weighted by Gasteiger charge is 2.16. The molecular weight excluding hydrogens is 273 g/mol. The number of nitro benzene ring substituents is 1. The van der Waals surface area contributed by atoms with Gasteiger partial charge in [-0.25, -0.2) is 4.39 Å². The van der Waals surface area contributed by atoms with Crippen LogP contribution in [0.1, 0.15) is 5.56 Å². The molecule has 19 heavy (non-hydrogen) atoms. The van der Waals surface area contributed by atoms with Crippen molar-refractivity contribution in [2.24, 2.45) is 0 Å². The van der Waals surface area contributed by atoms with Crippen LogP contribution in [0, 0.1) is 15.9 Å². The van der Waals surface area contributed by atoms with E-state index in [4.69, 9.17) is 16.3 Å². The minimum Gasteiger partial charge on any atom is -0.450 e. The number of rotatable bonds is 4. The molecule has 2 aromatic carbocycles. The Hall–Kier alpha value is -2.14. The maximum Gasteiger partial charge on any atom is 0.311 e. The summed E-state index contributed by atoms with van der Waals surface area (Å²) in [4.78, 5) is 10.2. The van der Waals surface area contributed by atoms with Crippen LogP contribution in [-0.4, -0.2) is 4.92 Å². The summed E-state index contributed by atoms with van der Waals surface area (Å²) in [5.41, 5.74) is 0.510. The van der Waals surface area contributed by atoms with Crippen LogP contribution >= 0.6 is 11.6 Å². The summed E-state index contributed by atoms with van der Waals surface area (Å²) in [6.45, 7) is 0. The Bertz CT molecular complexity index is 619. The Morgan fingerprint density at radius 1 is 1.26 bits per heavy atom. The molecule has 0 amide bonds. The average molecular weight is 282 g/mol. The van der Waals surface area contributed by atoms with E-state index in [1.165, 1.54) is 0 Å². The normalized spacial score (nSPS) is 10.2. The van der Waals surface area contributed by atoms with Gasteiger partial charge in [0, 0.05) is 18.0 Å². The van der Waals surface area contributed by atoms with Gasteiger partial charge in [-0.2, -0.15) is 0 Å². The summed E-state index contributed by atoms with van der Waals surface area (Å²) >= 11 is 5.69. The maximum absolute atomic E-state index is 13.1. The molecule has 0 radical (unpaired) electrons. The first-order valence-electron chi connectivity index (χ1n) is 5.37. The zero-order chi connectivity index (χ0) is 13.8. The highest BCUT2D eigenvalue weighted by Crippen LogP contribution is 2.32. The smallest absolute Gasteiger partial charge is 0.311 e. The minimum atomic E-state index is -0.625. The van der Waals surface area contributed by atoms with Gasteiger partial charge in [0.15, 0.2) is 0 Å². The van der Waals surface area contributed by atoms with Gasteiger partial charge in [0.05, 0.1) is 4.92 Å². The summed E-state index contributed by atoms with van der Waals surface area (Å²) in [6.07, 6.45) is 0. The van der Waals surface area contributed by atoms with Crippen LogP contribution < -0.4 is 4.74 Å². The zero-order valence-electron chi connectivity index (χ0n) is 9.68. The first-order chi connectivity index (χ1) is 9.10. The van der Waals surface area contributed by atoms with E-state index in [-0.39, 0.29) is 11.4 Å². The van der Waals surface area contributed by atoms with Crippen molar-refractivity contribution in [1.82, 2.24) is 0 Å². The van der Waals surface area contributed by atoms with Gasteiger partial charge in [-0.05, 0) is 23.8 Å². The maximum atomic E-state index is 13.1. The SMILES string of the molecule is O=[N+]([O-])c1ccc(F)cc1Oc1cccc(CCl)c1. The predicted molar refractivity (Wildman–Crippen MR) is 69.1 cm³/mol. The third-order valence-corrected chi connectivity index (χ3v) is 2.71. The molecule has 0 aliphatic carbocycles. The highest BCUT2D eigenvalue weighted by atomic mass is 35.5. The largest absolute Gasteiger partial charge is 0.450 e. The molecule has 0 saturated heterocycles. The first-order valence-corrected chi connectivity index (χ1v) is 5.90. The molecule has 0 aliphatic heterocycles. The molecular formula is C13H9ClFNO3. The van der Waals surface area contributed by atoms with Crippen LogP contribution in [0.15, 0.2) is 42.5 Å². The van der Waals surface area contributed by atoms with Crippen LogP contribution in [0.2, 0.25) is 0 Å². The number of ether oxygens (including phenoxy) is 1. The third kappa shape index (κ3) is 3.20. The van der Waals surface area contributed by atoms with Crippen molar-refractivity contribution in [1.29, 1.82) is 0 Å². The first kappa shape index (κ1) is 13.3. The fourth-order valence-corrected chi connectivity index (χ4v) is 1.71. The molecule has 0 spiro atoms. The Morgan fingerprint density at radius 3 is 2.74 bits per heavy atom. The van der Waals surface area contributed by atoms with Gasteiger partial charge in [0.2, 0.25) is 5.75 Å². The molecule has 0 bridgehead atoms. The van der Waals surface area contributed by atoms with Crippen LogP contribution in [-0.2, 0) is 5.88 Å². The Balaban J connectivity index is 2.36. The fraction of sp³-hybridized carbons (Fsp3) is 0.0769. The van der Waals surface area contributed by atoms with E-state index in [1.54, 1.807) is 24.3 Å². The van der Waals surface area contributed by atoms with Gasteiger partial charge in [0.1, 0.15) is 11.6 Å². The van der Waals surface area contributed by atoms with E-state index in [0.29, 0.717) is 11.6 Å². The van der Waals surface area contributed by atoms with Crippen molar-refractivity contribution in [3.63, 3.8) is 0 Å². The average Bonchev–Trinajstić information content (AvgIpc) is 2.38. The lowest BCUT2D eigenvalue weighted by molar-refractivity contribution is -0.385. The van der Waals surface area contributed by atoms with Crippen molar-refractivity contribution in [3.8, 4) is 11.5 Å². The number of benzene rings is 2.